The van der Waals surface area contributed by atoms with Gasteiger partial charge in [0.25, 0.3) is 0 Å². The average molecular weight is 334 g/mol. The maximum atomic E-state index is 5.43. The number of benzene rings is 2. The smallest absolute Gasteiger partial charge is 0.235 e. The van der Waals surface area contributed by atoms with Crippen LogP contribution in [-0.2, 0) is 0 Å². The highest BCUT2D eigenvalue weighted by molar-refractivity contribution is 7.19. The number of aromatic nitrogens is 4. The summed E-state index contributed by atoms with van der Waals surface area (Å²) in [7, 11) is 2.68. The van der Waals surface area contributed by atoms with Crippen molar-refractivity contribution in [1.29, 1.82) is 0 Å². The van der Waals surface area contributed by atoms with E-state index in [9.17, 15) is 0 Å². The van der Waals surface area contributed by atoms with Gasteiger partial charge in [-0.25, -0.2) is 0 Å². The SMILES string of the molecule is CBc1ccc(-c2nn3c(-c4ccccc4OC)nnc3s2)cc1. The quantitative estimate of drug-likeness (QED) is 0.539. The van der Waals surface area contributed by atoms with Gasteiger partial charge in [-0.3, -0.25) is 0 Å². The zero-order valence-electron chi connectivity index (χ0n) is 13.4. The summed E-state index contributed by atoms with van der Waals surface area (Å²) >= 11 is 1.53. The van der Waals surface area contributed by atoms with Crippen molar-refractivity contribution < 1.29 is 4.74 Å². The number of hydrogen-bond acceptors (Lipinski definition) is 5. The van der Waals surface area contributed by atoms with Crippen LogP contribution in [0.4, 0.5) is 0 Å². The van der Waals surface area contributed by atoms with E-state index < -0.39 is 0 Å². The van der Waals surface area contributed by atoms with Gasteiger partial charge in [0, 0.05) is 5.56 Å². The molecule has 0 saturated carbocycles. The highest BCUT2D eigenvalue weighted by Gasteiger charge is 2.17. The molecule has 0 atom stereocenters. The van der Waals surface area contributed by atoms with Crippen molar-refractivity contribution in [3.63, 3.8) is 0 Å². The lowest BCUT2D eigenvalue weighted by Crippen LogP contribution is -2.08. The molecule has 2 aromatic carbocycles. The van der Waals surface area contributed by atoms with Gasteiger partial charge < -0.3 is 4.74 Å². The summed E-state index contributed by atoms with van der Waals surface area (Å²) in [4.78, 5) is 0.769. The van der Waals surface area contributed by atoms with Gasteiger partial charge in [-0.05, 0) is 12.1 Å². The van der Waals surface area contributed by atoms with Crippen LogP contribution >= 0.6 is 11.3 Å². The molecule has 0 saturated heterocycles. The number of hydrogen-bond donors (Lipinski definition) is 0. The molecule has 0 aliphatic rings. The van der Waals surface area contributed by atoms with Gasteiger partial charge in [0.05, 0.1) is 12.7 Å². The highest BCUT2D eigenvalue weighted by atomic mass is 32.1. The zero-order valence-corrected chi connectivity index (χ0v) is 14.2. The first-order chi connectivity index (χ1) is 11.8. The van der Waals surface area contributed by atoms with Gasteiger partial charge in [0.1, 0.15) is 10.8 Å². The summed E-state index contributed by atoms with van der Waals surface area (Å²) in [6.45, 7) is 2.15. The molecule has 0 radical (unpaired) electrons. The molecule has 5 nitrogen and oxygen atoms in total. The Hall–Kier alpha value is -2.67. The Kier molecular flexibility index (Phi) is 3.78. The first-order valence-electron chi connectivity index (χ1n) is 7.75. The minimum absolute atomic E-state index is 0.690. The number of nitrogens with zero attached hydrogens (tertiary/aromatic N) is 4. The van der Waals surface area contributed by atoms with Crippen molar-refractivity contribution in [3.05, 3.63) is 48.5 Å². The zero-order chi connectivity index (χ0) is 16.5. The molecule has 0 fully saturated rings. The summed E-state index contributed by atoms with van der Waals surface area (Å²) < 4.78 is 7.21. The molecule has 4 aromatic rings. The second-order valence-corrected chi connectivity index (χ2v) is 6.33. The van der Waals surface area contributed by atoms with E-state index in [1.807, 2.05) is 24.3 Å². The van der Waals surface area contributed by atoms with Crippen molar-refractivity contribution in [2.45, 2.75) is 6.82 Å². The molecular formula is C17H15BN4OS. The maximum Gasteiger partial charge on any atom is 0.235 e. The third-order valence-electron chi connectivity index (χ3n) is 3.95. The summed E-state index contributed by atoms with van der Waals surface area (Å²) in [5, 5.41) is 14.2. The van der Waals surface area contributed by atoms with Crippen molar-refractivity contribution in [2.24, 2.45) is 0 Å². The lowest BCUT2D eigenvalue weighted by Gasteiger charge is -2.04. The van der Waals surface area contributed by atoms with E-state index >= 15 is 0 Å². The number of methoxy groups -OCH3 is 1. The Bertz CT molecular complexity index is 993. The van der Waals surface area contributed by atoms with Crippen LogP contribution in [0.1, 0.15) is 0 Å². The van der Waals surface area contributed by atoms with Crippen LogP contribution in [0, 0.1) is 0 Å². The molecule has 2 heterocycles. The van der Waals surface area contributed by atoms with Crippen LogP contribution in [0.3, 0.4) is 0 Å². The first kappa shape index (κ1) is 14.9. The lowest BCUT2D eigenvalue weighted by atomic mass is 9.73. The fraction of sp³-hybridized carbons (Fsp3) is 0.118. The van der Waals surface area contributed by atoms with Crippen molar-refractivity contribution in [2.75, 3.05) is 7.11 Å². The molecule has 0 unspecified atom stereocenters. The molecular weight excluding hydrogens is 319 g/mol. The summed E-state index contributed by atoms with van der Waals surface area (Å²) in [5.41, 5.74) is 3.29. The predicted molar refractivity (Wildman–Crippen MR) is 98.7 cm³/mol. The largest absolute Gasteiger partial charge is 0.496 e. The van der Waals surface area contributed by atoms with Crippen molar-refractivity contribution in [3.8, 4) is 27.7 Å². The normalized spacial score (nSPS) is 10.9. The molecule has 7 heteroatoms. The molecule has 0 aliphatic carbocycles. The van der Waals surface area contributed by atoms with Gasteiger partial charge in [0.15, 0.2) is 13.1 Å². The minimum atomic E-state index is 0.690. The van der Waals surface area contributed by atoms with Crippen LogP contribution in [0.15, 0.2) is 48.5 Å². The fourth-order valence-corrected chi connectivity index (χ4v) is 3.46. The third-order valence-corrected chi connectivity index (χ3v) is 4.90. The van der Waals surface area contributed by atoms with Gasteiger partial charge >= 0.3 is 0 Å². The van der Waals surface area contributed by atoms with Crippen LogP contribution < -0.4 is 10.2 Å². The topological polar surface area (TPSA) is 52.3 Å². The van der Waals surface area contributed by atoms with Gasteiger partial charge in [0.2, 0.25) is 4.96 Å². The summed E-state index contributed by atoms with van der Waals surface area (Å²) in [6, 6.07) is 16.2. The van der Waals surface area contributed by atoms with Crippen LogP contribution in [0.25, 0.3) is 26.9 Å². The van der Waals surface area contributed by atoms with Crippen molar-refractivity contribution >= 4 is 29.0 Å². The Morgan fingerprint density at radius 1 is 1.04 bits per heavy atom. The first-order valence-corrected chi connectivity index (χ1v) is 8.56. The molecule has 0 N–H and O–H groups in total. The Morgan fingerprint density at radius 2 is 1.83 bits per heavy atom. The minimum Gasteiger partial charge on any atom is -0.496 e. The molecule has 2 aromatic heterocycles. The fourth-order valence-electron chi connectivity index (χ4n) is 2.61. The molecule has 0 bridgehead atoms. The third kappa shape index (κ3) is 2.47. The van der Waals surface area contributed by atoms with Crippen LogP contribution in [0.5, 0.6) is 5.75 Å². The Balaban J connectivity index is 1.81. The standard InChI is InChI=1S/C17H15BN4OS/c1-18-12-9-7-11(8-10-12)16-21-22-15(19-20-17(22)24-16)13-5-3-4-6-14(13)23-2/h3-10,18H,1-2H3. The van der Waals surface area contributed by atoms with E-state index in [0.29, 0.717) is 5.82 Å². The highest BCUT2D eigenvalue weighted by Crippen LogP contribution is 2.31. The summed E-state index contributed by atoms with van der Waals surface area (Å²) in [6.07, 6.45) is 0. The van der Waals surface area contributed by atoms with E-state index in [4.69, 9.17) is 9.84 Å². The van der Waals surface area contributed by atoms with Gasteiger partial charge in [-0.15, -0.1) is 10.2 Å². The molecule has 118 valence electrons. The molecule has 0 aliphatic heterocycles. The Labute approximate surface area is 144 Å². The molecule has 0 spiro atoms. The lowest BCUT2D eigenvalue weighted by molar-refractivity contribution is 0.416. The number of fused-ring (bicyclic) bond motifs is 1. The van der Waals surface area contributed by atoms with Gasteiger partial charge in [-0.1, -0.05) is 60.0 Å². The van der Waals surface area contributed by atoms with E-state index in [1.54, 1.807) is 11.6 Å². The van der Waals surface area contributed by atoms with Crippen molar-refractivity contribution in [1.82, 2.24) is 19.8 Å². The van der Waals surface area contributed by atoms with E-state index in [0.717, 1.165) is 34.1 Å². The number of rotatable bonds is 4. The van der Waals surface area contributed by atoms with Gasteiger partial charge in [-0.2, -0.15) is 9.61 Å². The maximum absolute atomic E-state index is 5.43. The molecule has 4 rings (SSSR count). The number of para-hydroxylation sites is 1. The van der Waals surface area contributed by atoms with E-state index in [2.05, 4.69) is 41.3 Å². The average Bonchev–Trinajstić information content (AvgIpc) is 3.22. The van der Waals surface area contributed by atoms with Crippen LogP contribution in [0.2, 0.25) is 6.82 Å². The molecule has 0 amide bonds. The summed E-state index contributed by atoms with van der Waals surface area (Å²) in [5.74, 6) is 1.45. The van der Waals surface area contributed by atoms with E-state index in [1.165, 1.54) is 16.8 Å². The second-order valence-electron chi connectivity index (χ2n) is 5.38. The second kappa shape index (κ2) is 6.09. The predicted octanol–water partition coefficient (Wildman–Crippen LogP) is 2.64. The Morgan fingerprint density at radius 3 is 2.58 bits per heavy atom. The number of ether oxygens (including phenoxy) is 1. The molecule has 24 heavy (non-hydrogen) atoms. The van der Waals surface area contributed by atoms with Crippen LogP contribution in [-0.4, -0.2) is 34.2 Å². The monoisotopic (exact) mass is 334 g/mol. The van der Waals surface area contributed by atoms with E-state index in [-0.39, 0.29) is 0 Å².